The fraction of sp³-hybridized carbons (Fsp3) is 0.417. The number of hydrogen-bond donors (Lipinski definition) is 1. The van der Waals surface area contributed by atoms with Crippen molar-refractivity contribution in [2.45, 2.75) is 25.8 Å². The first kappa shape index (κ1) is 12.7. The minimum absolute atomic E-state index is 0.0416. The summed E-state index contributed by atoms with van der Waals surface area (Å²) >= 11 is 7.61. The molecule has 17 heavy (non-hydrogen) atoms. The van der Waals surface area contributed by atoms with Crippen LogP contribution in [0.4, 0.5) is 10.1 Å². The van der Waals surface area contributed by atoms with Crippen molar-refractivity contribution in [3.05, 3.63) is 29.0 Å². The van der Waals surface area contributed by atoms with Crippen LogP contribution in [0.25, 0.3) is 0 Å². The van der Waals surface area contributed by atoms with Gasteiger partial charge in [-0.1, -0.05) is 23.4 Å². The summed E-state index contributed by atoms with van der Waals surface area (Å²) in [5, 5.41) is 4.36. The molecule has 2 rings (SSSR count). The number of rotatable bonds is 1. The molecular formula is C12H14ClFN2S. The molecule has 0 fully saturated rings. The number of benzene rings is 1. The average molecular weight is 273 g/mol. The third-order valence-corrected chi connectivity index (χ3v) is 3.72. The first-order valence-electron chi connectivity index (χ1n) is 5.41. The lowest BCUT2D eigenvalue weighted by Crippen LogP contribution is -2.27. The topological polar surface area (TPSA) is 24.4 Å². The van der Waals surface area contributed by atoms with Gasteiger partial charge in [-0.2, -0.15) is 0 Å². The third-order valence-electron chi connectivity index (χ3n) is 2.53. The second kappa shape index (κ2) is 4.86. The Morgan fingerprint density at radius 1 is 1.47 bits per heavy atom. The summed E-state index contributed by atoms with van der Waals surface area (Å²) < 4.78 is 12.9. The normalized spacial score (nSPS) is 18.7. The van der Waals surface area contributed by atoms with Crippen molar-refractivity contribution in [2.24, 2.45) is 4.99 Å². The summed E-state index contributed by atoms with van der Waals surface area (Å²) in [7, 11) is 0. The molecule has 5 heteroatoms. The van der Waals surface area contributed by atoms with E-state index in [1.54, 1.807) is 17.8 Å². The Kier molecular flexibility index (Phi) is 3.64. The van der Waals surface area contributed by atoms with Gasteiger partial charge in [0.05, 0.1) is 16.2 Å². The second-order valence-electron chi connectivity index (χ2n) is 4.58. The molecule has 0 atom stereocenters. The van der Waals surface area contributed by atoms with Gasteiger partial charge in [0, 0.05) is 5.75 Å². The average Bonchev–Trinajstić information content (AvgIpc) is 2.21. The molecule has 0 amide bonds. The highest BCUT2D eigenvalue weighted by molar-refractivity contribution is 8.14. The van der Waals surface area contributed by atoms with Gasteiger partial charge in [0.25, 0.3) is 0 Å². The quantitative estimate of drug-likeness (QED) is 0.830. The van der Waals surface area contributed by atoms with Crippen molar-refractivity contribution < 1.29 is 4.39 Å². The molecule has 1 N–H and O–H groups in total. The van der Waals surface area contributed by atoms with Crippen LogP contribution in [0.15, 0.2) is 23.2 Å². The van der Waals surface area contributed by atoms with Crippen molar-refractivity contribution in [3.63, 3.8) is 0 Å². The molecule has 1 aromatic carbocycles. The number of thioether (sulfide) groups is 1. The monoisotopic (exact) mass is 272 g/mol. The smallest absolute Gasteiger partial charge is 0.161 e. The molecule has 1 aliphatic rings. The molecule has 0 saturated heterocycles. The maximum absolute atomic E-state index is 12.9. The molecule has 0 saturated carbocycles. The van der Waals surface area contributed by atoms with E-state index in [0.29, 0.717) is 10.7 Å². The Labute approximate surface area is 110 Å². The zero-order chi connectivity index (χ0) is 12.5. The van der Waals surface area contributed by atoms with Crippen LogP contribution >= 0.6 is 23.4 Å². The Hall–Kier alpha value is -0.740. The first-order valence-corrected chi connectivity index (χ1v) is 6.77. The van der Waals surface area contributed by atoms with E-state index >= 15 is 0 Å². The summed E-state index contributed by atoms with van der Waals surface area (Å²) in [5.74, 6) is 0.691. The molecule has 92 valence electrons. The minimum Gasteiger partial charge on any atom is -0.334 e. The molecule has 1 aliphatic heterocycles. The number of amidine groups is 1. The van der Waals surface area contributed by atoms with Gasteiger partial charge in [-0.15, -0.1) is 0 Å². The van der Waals surface area contributed by atoms with Crippen molar-refractivity contribution in [2.75, 3.05) is 11.1 Å². The lowest BCUT2D eigenvalue weighted by Gasteiger charge is -2.26. The molecule has 2 nitrogen and oxygen atoms in total. The van der Waals surface area contributed by atoms with E-state index in [4.69, 9.17) is 11.6 Å². The summed E-state index contributed by atoms with van der Waals surface area (Å²) in [6, 6.07) is 4.30. The fourth-order valence-electron chi connectivity index (χ4n) is 1.53. The van der Waals surface area contributed by atoms with Gasteiger partial charge in [-0.25, -0.2) is 4.39 Å². The van der Waals surface area contributed by atoms with Gasteiger partial charge in [0.15, 0.2) is 5.17 Å². The summed E-state index contributed by atoms with van der Waals surface area (Å²) in [5.41, 5.74) is 0.650. The minimum atomic E-state index is -0.334. The van der Waals surface area contributed by atoms with E-state index in [1.165, 1.54) is 12.1 Å². The largest absolute Gasteiger partial charge is 0.334 e. The molecular weight excluding hydrogens is 259 g/mol. The molecule has 0 spiro atoms. The summed E-state index contributed by atoms with van der Waals surface area (Å²) in [6.45, 7) is 4.20. The van der Waals surface area contributed by atoms with E-state index in [2.05, 4.69) is 24.2 Å². The lowest BCUT2D eigenvalue weighted by molar-refractivity contribution is 0.507. The van der Waals surface area contributed by atoms with Gasteiger partial charge in [0.2, 0.25) is 0 Å². The highest BCUT2D eigenvalue weighted by atomic mass is 35.5. The third kappa shape index (κ3) is 3.36. The number of hydrogen-bond acceptors (Lipinski definition) is 3. The zero-order valence-corrected chi connectivity index (χ0v) is 11.3. The summed E-state index contributed by atoms with van der Waals surface area (Å²) in [6.07, 6.45) is 1.06. The van der Waals surface area contributed by atoms with E-state index < -0.39 is 0 Å². The van der Waals surface area contributed by atoms with Crippen molar-refractivity contribution >= 4 is 34.2 Å². The second-order valence-corrected chi connectivity index (χ2v) is 6.07. The van der Waals surface area contributed by atoms with Crippen LogP contribution in [0.2, 0.25) is 5.02 Å². The van der Waals surface area contributed by atoms with Gasteiger partial charge in [0.1, 0.15) is 5.82 Å². The van der Waals surface area contributed by atoms with Crippen LogP contribution in [0, 0.1) is 5.82 Å². The SMILES string of the molecule is CC1(C)CCSC(Nc2ccc(F)cc2Cl)=N1. The number of aliphatic imine (C=N–C) groups is 1. The van der Waals surface area contributed by atoms with Crippen LogP contribution in [0.1, 0.15) is 20.3 Å². The van der Waals surface area contributed by atoms with Gasteiger partial charge >= 0.3 is 0 Å². The molecule has 0 bridgehead atoms. The van der Waals surface area contributed by atoms with Crippen LogP contribution in [0.5, 0.6) is 0 Å². The van der Waals surface area contributed by atoms with E-state index in [9.17, 15) is 4.39 Å². The van der Waals surface area contributed by atoms with E-state index in [1.807, 2.05) is 0 Å². The van der Waals surface area contributed by atoms with Crippen molar-refractivity contribution in [1.29, 1.82) is 0 Å². The van der Waals surface area contributed by atoms with Gasteiger partial charge < -0.3 is 5.32 Å². The van der Waals surface area contributed by atoms with Crippen molar-refractivity contribution in [3.8, 4) is 0 Å². The predicted octanol–water partition coefficient (Wildman–Crippen LogP) is 4.16. The lowest BCUT2D eigenvalue weighted by atomic mass is 10.0. The molecule has 1 aromatic rings. The Morgan fingerprint density at radius 3 is 2.88 bits per heavy atom. The highest BCUT2D eigenvalue weighted by Crippen LogP contribution is 2.29. The van der Waals surface area contributed by atoms with Crippen LogP contribution in [-0.4, -0.2) is 16.5 Å². The Balaban J connectivity index is 2.18. The van der Waals surface area contributed by atoms with Gasteiger partial charge in [-0.3, -0.25) is 4.99 Å². The van der Waals surface area contributed by atoms with Gasteiger partial charge in [-0.05, 0) is 38.5 Å². The van der Waals surface area contributed by atoms with Crippen LogP contribution in [0.3, 0.4) is 0 Å². The highest BCUT2D eigenvalue weighted by Gasteiger charge is 2.22. The van der Waals surface area contributed by atoms with E-state index in [-0.39, 0.29) is 11.4 Å². The van der Waals surface area contributed by atoms with Crippen LogP contribution in [-0.2, 0) is 0 Å². The van der Waals surface area contributed by atoms with E-state index in [0.717, 1.165) is 17.3 Å². The maximum atomic E-state index is 12.9. The zero-order valence-electron chi connectivity index (χ0n) is 9.76. The number of nitrogens with one attached hydrogen (secondary N) is 1. The molecule has 0 unspecified atom stereocenters. The Morgan fingerprint density at radius 2 is 2.24 bits per heavy atom. The number of anilines is 1. The Bertz CT molecular complexity index is 460. The van der Waals surface area contributed by atoms with Crippen molar-refractivity contribution in [1.82, 2.24) is 0 Å². The number of halogens is 2. The summed E-state index contributed by atoms with van der Waals surface area (Å²) in [4.78, 5) is 4.59. The predicted molar refractivity (Wildman–Crippen MR) is 73.6 cm³/mol. The van der Waals surface area contributed by atoms with Crippen LogP contribution < -0.4 is 5.32 Å². The molecule has 0 aliphatic carbocycles. The molecule has 1 heterocycles. The standard InChI is InChI=1S/C12H14ClFN2S/c1-12(2)5-6-17-11(16-12)15-10-4-3-8(14)7-9(10)13/h3-4,7H,5-6H2,1-2H3,(H,15,16). The first-order chi connectivity index (χ1) is 7.96. The number of nitrogens with zero attached hydrogens (tertiary/aromatic N) is 1. The fourth-order valence-corrected chi connectivity index (χ4v) is 3.03. The molecule has 0 aromatic heterocycles. The maximum Gasteiger partial charge on any atom is 0.161 e. The molecule has 0 radical (unpaired) electrons.